The molecule has 0 aromatic heterocycles. The van der Waals surface area contributed by atoms with Crippen molar-refractivity contribution in [1.82, 2.24) is 10.2 Å². The molecular weight excluding hydrogens is 188 g/mol. The number of hydrogen-bond donors (Lipinski definition) is 1. The largest absolute Gasteiger partial charge is 0.383 e. The normalized spacial score (nSPS) is 36.8. The molecule has 0 aromatic rings. The van der Waals surface area contributed by atoms with Crippen molar-refractivity contribution in [3.8, 4) is 0 Å². The molecule has 3 heteroatoms. The molecule has 0 aromatic carbocycles. The number of fused-ring (bicyclic) bond motifs is 2. The van der Waals surface area contributed by atoms with Crippen molar-refractivity contribution in [2.75, 3.05) is 27.3 Å². The molecule has 2 aliphatic heterocycles. The van der Waals surface area contributed by atoms with Gasteiger partial charge in [0, 0.05) is 31.8 Å². The molecule has 2 unspecified atom stereocenters. The van der Waals surface area contributed by atoms with Gasteiger partial charge in [-0.3, -0.25) is 0 Å². The van der Waals surface area contributed by atoms with Crippen LogP contribution in [0.25, 0.3) is 0 Å². The van der Waals surface area contributed by atoms with E-state index in [2.05, 4.69) is 17.3 Å². The molecule has 2 fully saturated rings. The Labute approximate surface area is 93.2 Å². The van der Waals surface area contributed by atoms with Crippen LogP contribution in [0.2, 0.25) is 0 Å². The van der Waals surface area contributed by atoms with Gasteiger partial charge in [-0.05, 0) is 32.7 Å². The lowest BCUT2D eigenvalue weighted by atomic mass is 9.82. The lowest BCUT2D eigenvalue weighted by Crippen LogP contribution is -2.54. The van der Waals surface area contributed by atoms with E-state index in [1.807, 2.05) is 0 Å². The highest BCUT2D eigenvalue weighted by Gasteiger charge is 2.35. The molecule has 2 bridgehead atoms. The van der Waals surface area contributed by atoms with Crippen LogP contribution in [0, 0.1) is 0 Å². The number of ether oxygens (including phenoxy) is 1. The van der Waals surface area contributed by atoms with Gasteiger partial charge in [-0.15, -0.1) is 0 Å². The maximum Gasteiger partial charge on any atom is 0.0587 e. The summed E-state index contributed by atoms with van der Waals surface area (Å²) in [5, 5.41) is 3.62. The minimum atomic E-state index is 0.728. The number of rotatable bonds is 4. The van der Waals surface area contributed by atoms with Crippen LogP contribution in [0.15, 0.2) is 0 Å². The molecular formula is C12H24N2O. The fraction of sp³-hybridized carbons (Fsp3) is 1.00. The van der Waals surface area contributed by atoms with Crippen molar-refractivity contribution >= 4 is 0 Å². The van der Waals surface area contributed by atoms with Gasteiger partial charge in [0.15, 0.2) is 0 Å². The highest BCUT2D eigenvalue weighted by Crippen LogP contribution is 2.32. The van der Waals surface area contributed by atoms with Crippen LogP contribution in [0.3, 0.4) is 0 Å². The smallest absolute Gasteiger partial charge is 0.0587 e. The van der Waals surface area contributed by atoms with Crippen molar-refractivity contribution in [3.05, 3.63) is 0 Å². The standard InChI is InChI=1S/C12H24N2O/c1-14-11-4-3-5-12(14)9-10(8-11)13-6-7-15-2/h10-13H,3-9H2,1-2H3. The topological polar surface area (TPSA) is 24.5 Å². The predicted molar refractivity (Wildman–Crippen MR) is 62.1 cm³/mol. The Kier molecular flexibility index (Phi) is 4.00. The van der Waals surface area contributed by atoms with Crippen LogP contribution in [-0.2, 0) is 4.74 Å². The average Bonchev–Trinajstić information content (AvgIpc) is 2.19. The fourth-order valence-electron chi connectivity index (χ4n) is 3.15. The first-order chi connectivity index (χ1) is 7.31. The average molecular weight is 212 g/mol. The molecule has 1 N–H and O–H groups in total. The Balaban J connectivity index is 1.79. The van der Waals surface area contributed by atoms with E-state index in [9.17, 15) is 0 Å². The first kappa shape index (κ1) is 11.4. The van der Waals surface area contributed by atoms with Crippen LogP contribution in [0.4, 0.5) is 0 Å². The summed E-state index contributed by atoms with van der Waals surface area (Å²) in [6, 6.07) is 2.39. The second kappa shape index (κ2) is 5.28. The molecule has 0 saturated carbocycles. The Morgan fingerprint density at radius 1 is 1.27 bits per heavy atom. The second-order valence-corrected chi connectivity index (χ2v) is 5.02. The minimum absolute atomic E-state index is 0.728. The van der Waals surface area contributed by atoms with E-state index >= 15 is 0 Å². The summed E-state index contributed by atoms with van der Waals surface area (Å²) >= 11 is 0. The number of piperidine rings is 2. The van der Waals surface area contributed by atoms with Gasteiger partial charge in [-0.25, -0.2) is 0 Å². The molecule has 0 radical (unpaired) electrons. The molecule has 15 heavy (non-hydrogen) atoms. The summed E-state index contributed by atoms with van der Waals surface area (Å²) in [5.74, 6) is 0. The van der Waals surface area contributed by atoms with Gasteiger partial charge in [0.05, 0.1) is 6.61 Å². The van der Waals surface area contributed by atoms with Crippen molar-refractivity contribution in [2.24, 2.45) is 0 Å². The van der Waals surface area contributed by atoms with Gasteiger partial charge in [0.25, 0.3) is 0 Å². The van der Waals surface area contributed by atoms with Crippen LogP contribution < -0.4 is 5.32 Å². The molecule has 3 nitrogen and oxygen atoms in total. The van der Waals surface area contributed by atoms with Gasteiger partial charge in [0.2, 0.25) is 0 Å². The monoisotopic (exact) mass is 212 g/mol. The zero-order valence-electron chi connectivity index (χ0n) is 10.0. The van der Waals surface area contributed by atoms with Gasteiger partial charge >= 0.3 is 0 Å². The zero-order valence-corrected chi connectivity index (χ0v) is 10.0. The number of hydrogen-bond acceptors (Lipinski definition) is 3. The van der Waals surface area contributed by atoms with E-state index in [1.54, 1.807) is 7.11 Å². The van der Waals surface area contributed by atoms with Crippen molar-refractivity contribution in [3.63, 3.8) is 0 Å². The summed E-state index contributed by atoms with van der Waals surface area (Å²) in [6.07, 6.45) is 6.89. The summed E-state index contributed by atoms with van der Waals surface area (Å²) in [6.45, 7) is 1.84. The molecule has 2 heterocycles. The summed E-state index contributed by atoms with van der Waals surface area (Å²) in [4.78, 5) is 2.61. The lowest BCUT2D eigenvalue weighted by molar-refractivity contribution is 0.0469. The van der Waals surface area contributed by atoms with Gasteiger partial charge < -0.3 is 15.0 Å². The summed E-state index contributed by atoms with van der Waals surface area (Å²) in [7, 11) is 4.07. The summed E-state index contributed by atoms with van der Waals surface area (Å²) in [5.41, 5.74) is 0. The van der Waals surface area contributed by atoms with Gasteiger partial charge in [-0.1, -0.05) is 6.42 Å². The van der Waals surface area contributed by atoms with E-state index in [1.165, 1.54) is 32.1 Å². The van der Waals surface area contributed by atoms with Crippen molar-refractivity contribution in [2.45, 2.75) is 50.2 Å². The van der Waals surface area contributed by atoms with Gasteiger partial charge in [0.1, 0.15) is 0 Å². The van der Waals surface area contributed by atoms with Crippen LogP contribution >= 0.6 is 0 Å². The maximum absolute atomic E-state index is 5.08. The van der Waals surface area contributed by atoms with E-state index in [0.29, 0.717) is 0 Å². The molecule has 2 aliphatic rings. The molecule has 0 aliphatic carbocycles. The van der Waals surface area contributed by atoms with E-state index in [-0.39, 0.29) is 0 Å². The quantitative estimate of drug-likeness (QED) is 0.710. The second-order valence-electron chi connectivity index (χ2n) is 5.02. The van der Waals surface area contributed by atoms with Crippen LogP contribution in [-0.4, -0.2) is 50.3 Å². The highest BCUT2D eigenvalue weighted by atomic mass is 16.5. The van der Waals surface area contributed by atoms with Crippen LogP contribution in [0.5, 0.6) is 0 Å². The number of nitrogens with one attached hydrogen (secondary N) is 1. The fourth-order valence-corrected chi connectivity index (χ4v) is 3.15. The Hall–Kier alpha value is -0.120. The predicted octanol–water partition coefficient (Wildman–Crippen LogP) is 1.24. The third-order valence-corrected chi connectivity index (χ3v) is 4.08. The third kappa shape index (κ3) is 2.71. The minimum Gasteiger partial charge on any atom is -0.383 e. The SMILES string of the molecule is COCCNC1CC2CCCC(C1)N2C. The van der Waals surface area contributed by atoms with E-state index in [4.69, 9.17) is 4.74 Å². The summed E-state index contributed by atoms with van der Waals surface area (Å²) < 4.78 is 5.08. The molecule has 0 amide bonds. The number of methoxy groups -OCH3 is 1. The van der Waals surface area contributed by atoms with Crippen LogP contribution in [0.1, 0.15) is 32.1 Å². The molecule has 2 rings (SSSR count). The number of nitrogens with zero attached hydrogens (tertiary/aromatic N) is 1. The van der Waals surface area contributed by atoms with Gasteiger partial charge in [-0.2, -0.15) is 0 Å². The first-order valence-electron chi connectivity index (χ1n) is 6.25. The zero-order chi connectivity index (χ0) is 10.7. The highest BCUT2D eigenvalue weighted by molar-refractivity contribution is 4.93. The molecule has 2 saturated heterocycles. The molecule has 0 spiro atoms. The van der Waals surface area contributed by atoms with E-state index in [0.717, 1.165) is 31.3 Å². The van der Waals surface area contributed by atoms with Crippen molar-refractivity contribution in [1.29, 1.82) is 0 Å². The third-order valence-electron chi connectivity index (χ3n) is 4.08. The Morgan fingerprint density at radius 2 is 1.93 bits per heavy atom. The lowest BCUT2D eigenvalue weighted by Gasteiger charge is -2.47. The Morgan fingerprint density at radius 3 is 2.53 bits per heavy atom. The first-order valence-corrected chi connectivity index (χ1v) is 6.25. The van der Waals surface area contributed by atoms with Crippen molar-refractivity contribution < 1.29 is 4.74 Å². The Bertz CT molecular complexity index is 184. The molecule has 2 atom stereocenters. The van der Waals surface area contributed by atoms with E-state index < -0.39 is 0 Å². The maximum atomic E-state index is 5.08. The molecule has 88 valence electrons.